The number of nitrogens with one attached hydrogen (secondary N) is 1. The number of fused-ring (bicyclic) bond motifs is 1. The van der Waals surface area contributed by atoms with Gasteiger partial charge in [0.15, 0.2) is 11.6 Å². The van der Waals surface area contributed by atoms with Crippen LogP contribution in [0.1, 0.15) is 29.2 Å². The third-order valence-electron chi connectivity index (χ3n) is 5.56. The van der Waals surface area contributed by atoms with Crippen LogP contribution in [0.2, 0.25) is 0 Å². The SMILES string of the molecule is COc1cccc(-c2cnnc(-n3nc(C)c4c3NC(=O)C[C@H]4c3cccc(F)c3F)n2)c1. The molecule has 0 bridgehead atoms. The van der Waals surface area contributed by atoms with Crippen LogP contribution < -0.4 is 10.1 Å². The van der Waals surface area contributed by atoms with Gasteiger partial charge in [-0.2, -0.15) is 14.9 Å². The summed E-state index contributed by atoms with van der Waals surface area (Å²) >= 11 is 0. The molecule has 33 heavy (non-hydrogen) atoms. The molecule has 1 atom stereocenters. The number of rotatable bonds is 4. The number of hydrogen-bond donors (Lipinski definition) is 1. The van der Waals surface area contributed by atoms with Crippen molar-refractivity contribution in [2.24, 2.45) is 0 Å². The lowest BCUT2D eigenvalue weighted by Gasteiger charge is -2.24. The van der Waals surface area contributed by atoms with Gasteiger partial charge < -0.3 is 10.1 Å². The highest BCUT2D eigenvalue weighted by atomic mass is 19.2. The Morgan fingerprint density at radius 1 is 1.18 bits per heavy atom. The van der Waals surface area contributed by atoms with Crippen LogP contribution in [0.15, 0.2) is 48.7 Å². The molecule has 2 aromatic carbocycles. The molecule has 1 aliphatic heterocycles. The predicted octanol–water partition coefficient (Wildman–Crippen LogP) is 3.79. The molecule has 8 nitrogen and oxygen atoms in total. The Morgan fingerprint density at radius 3 is 2.82 bits per heavy atom. The topological polar surface area (TPSA) is 94.8 Å². The van der Waals surface area contributed by atoms with E-state index in [1.54, 1.807) is 14.0 Å². The predicted molar refractivity (Wildman–Crippen MR) is 115 cm³/mol. The van der Waals surface area contributed by atoms with Gasteiger partial charge in [0.25, 0.3) is 5.95 Å². The van der Waals surface area contributed by atoms with Crippen LogP contribution in [-0.4, -0.2) is 38.0 Å². The summed E-state index contributed by atoms with van der Waals surface area (Å²) in [5.41, 5.74) is 2.49. The molecule has 166 valence electrons. The highest BCUT2D eigenvalue weighted by Crippen LogP contribution is 2.41. The smallest absolute Gasteiger partial charge is 0.272 e. The van der Waals surface area contributed by atoms with Gasteiger partial charge in [-0.05, 0) is 30.7 Å². The second-order valence-corrected chi connectivity index (χ2v) is 7.58. The third kappa shape index (κ3) is 3.59. The molecule has 0 unspecified atom stereocenters. The number of carbonyl (C=O) groups is 1. The maximum Gasteiger partial charge on any atom is 0.272 e. The van der Waals surface area contributed by atoms with Gasteiger partial charge in [-0.3, -0.25) is 4.79 Å². The maximum atomic E-state index is 14.6. The Hall–Kier alpha value is -4.21. The van der Waals surface area contributed by atoms with Gasteiger partial charge >= 0.3 is 0 Å². The first-order valence-electron chi connectivity index (χ1n) is 10.1. The van der Waals surface area contributed by atoms with Crippen LogP contribution in [0, 0.1) is 18.6 Å². The maximum absolute atomic E-state index is 14.6. The zero-order chi connectivity index (χ0) is 23.1. The van der Waals surface area contributed by atoms with Crippen molar-refractivity contribution < 1.29 is 18.3 Å². The van der Waals surface area contributed by atoms with E-state index in [1.165, 1.54) is 23.0 Å². The molecule has 4 aromatic rings. The molecule has 0 aliphatic carbocycles. The van der Waals surface area contributed by atoms with Crippen molar-refractivity contribution in [3.63, 3.8) is 0 Å². The van der Waals surface area contributed by atoms with E-state index in [1.807, 2.05) is 24.3 Å². The Labute approximate surface area is 187 Å². The first kappa shape index (κ1) is 20.7. The van der Waals surface area contributed by atoms with E-state index in [9.17, 15) is 13.6 Å². The van der Waals surface area contributed by atoms with E-state index < -0.39 is 17.6 Å². The number of anilines is 1. The quantitative estimate of drug-likeness (QED) is 0.510. The van der Waals surface area contributed by atoms with Crippen molar-refractivity contribution in [1.29, 1.82) is 0 Å². The summed E-state index contributed by atoms with van der Waals surface area (Å²) in [7, 11) is 1.57. The number of hydrogen-bond acceptors (Lipinski definition) is 6. The largest absolute Gasteiger partial charge is 0.497 e. The van der Waals surface area contributed by atoms with Gasteiger partial charge in [-0.1, -0.05) is 24.3 Å². The number of aryl methyl sites for hydroxylation is 1. The number of amides is 1. The van der Waals surface area contributed by atoms with E-state index in [2.05, 4.69) is 25.6 Å². The Morgan fingerprint density at radius 2 is 2.00 bits per heavy atom. The van der Waals surface area contributed by atoms with E-state index >= 15 is 0 Å². The molecule has 5 rings (SSSR count). The number of carbonyl (C=O) groups excluding carboxylic acids is 1. The van der Waals surface area contributed by atoms with Crippen LogP contribution in [-0.2, 0) is 4.79 Å². The van der Waals surface area contributed by atoms with Crippen LogP contribution in [0.5, 0.6) is 5.75 Å². The number of ether oxygens (including phenoxy) is 1. The summed E-state index contributed by atoms with van der Waals surface area (Å²) < 4.78 is 35.1. The van der Waals surface area contributed by atoms with Gasteiger partial charge in [0.1, 0.15) is 11.6 Å². The Kier molecular flexibility index (Phi) is 5.04. The van der Waals surface area contributed by atoms with Gasteiger partial charge in [-0.15, -0.1) is 5.10 Å². The van der Waals surface area contributed by atoms with E-state index in [0.29, 0.717) is 28.5 Å². The average molecular weight is 448 g/mol. The first-order chi connectivity index (χ1) is 16.0. The van der Waals surface area contributed by atoms with Crippen molar-refractivity contribution in [3.8, 4) is 23.0 Å². The van der Waals surface area contributed by atoms with Gasteiger partial charge in [0, 0.05) is 23.5 Å². The standard InChI is InChI=1S/C23H18F2N6O2/c1-12-20-16(15-7-4-8-17(24)21(15)25)10-19(32)28-22(20)31(30-12)23-27-18(11-26-29-23)13-5-3-6-14(9-13)33-2/h3-9,11,16H,10H2,1-2H3,(H,28,32)/t16-/m0/s1. The lowest BCUT2D eigenvalue weighted by Crippen LogP contribution is -2.26. The van der Waals surface area contributed by atoms with Crippen molar-refractivity contribution in [2.75, 3.05) is 12.4 Å². The Bertz CT molecular complexity index is 1390. The summed E-state index contributed by atoms with van der Waals surface area (Å²) in [6.45, 7) is 1.73. The van der Waals surface area contributed by atoms with E-state index in [0.717, 1.165) is 11.6 Å². The van der Waals surface area contributed by atoms with Crippen molar-refractivity contribution in [2.45, 2.75) is 19.3 Å². The fourth-order valence-corrected chi connectivity index (χ4v) is 4.05. The molecule has 3 heterocycles. The molecule has 0 saturated carbocycles. The summed E-state index contributed by atoms with van der Waals surface area (Å²) in [6.07, 6.45) is 1.47. The second-order valence-electron chi connectivity index (χ2n) is 7.58. The normalized spacial score (nSPS) is 15.2. The molecule has 0 radical (unpaired) electrons. The fraction of sp³-hybridized carbons (Fsp3) is 0.174. The zero-order valence-electron chi connectivity index (χ0n) is 17.7. The van der Waals surface area contributed by atoms with Gasteiger partial charge in [-0.25, -0.2) is 13.8 Å². The lowest BCUT2D eigenvalue weighted by atomic mass is 9.85. The summed E-state index contributed by atoms with van der Waals surface area (Å²) in [4.78, 5) is 17.1. The van der Waals surface area contributed by atoms with Crippen LogP contribution in [0.3, 0.4) is 0 Å². The molecular weight excluding hydrogens is 430 g/mol. The zero-order valence-corrected chi connectivity index (χ0v) is 17.7. The van der Waals surface area contributed by atoms with Crippen molar-refractivity contribution >= 4 is 11.7 Å². The van der Waals surface area contributed by atoms with Gasteiger partial charge in [0.2, 0.25) is 5.91 Å². The molecule has 0 spiro atoms. The lowest BCUT2D eigenvalue weighted by molar-refractivity contribution is -0.116. The highest BCUT2D eigenvalue weighted by Gasteiger charge is 2.35. The number of benzene rings is 2. The molecular formula is C23H18F2N6O2. The third-order valence-corrected chi connectivity index (χ3v) is 5.56. The van der Waals surface area contributed by atoms with Crippen LogP contribution in [0.4, 0.5) is 14.6 Å². The molecule has 2 aromatic heterocycles. The molecule has 1 N–H and O–H groups in total. The number of halogens is 2. The number of aromatic nitrogens is 5. The van der Waals surface area contributed by atoms with Crippen LogP contribution in [0.25, 0.3) is 17.2 Å². The average Bonchev–Trinajstić information content (AvgIpc) is 3.16. The van der Waals surface area contributed by atoms with Gasteiger partial charge in [0.05, 0.1) is 24.7 Å². The summed E-state index contributed by atoms with van der Waals surface area (Å²) in [6, 6.07) is 11.2. The minimum atomic E-state index is -0.978. The highest BCUT2D eigenvalue weighted by molar-refractivity contribution is 5.95. The van der Waals surface area contributed by atoms with E-state index in [-0.39, 0.29) is 23.8 Å². The second kappa shape index (κ2) is 8.05. The van der Waals surface area contributed by atoms with E-state index in [4.69, 9.17) is 4.74 Å². The molecule has 1 amide bonds. The van der Waals surface area contributed by atoms with Crippen LogP contribution >= 0.6 is 0 Å². The minimum absolute atomic E-state index is 0.0388. The monoisotopic (exact) mass is 448 g/mol. The number of methoxy groups -OCH3 is 1. The number of nitrogens with zero attached hydrogens (tertiary/aromatic N) is 5. The molecule has 1 aliphatic rings. The molecule has 0 saturated heterocycles. The summed E-state index contributed by atoms with van der Waals surface area (Å²) in [5.74, 6) is -1.91. The fourth-order valence-electron chi connectivity index (χ4n) is 4.05. The minimum Gasteiger partial charge on any atom is -0.497 e. The molecule has 10 heteroatoms. The Balaban J connectivity index is 1.62. The molecule has 0 fully saturated rings. The van der Waals surface area contributed by atoms with Crippen molar-refractivity contribution in [3.05, 3.63) is 77.1 Å². The van der Waals surface area contributed by atoms with Crippen molar-refractivity contribution in [1.82, 2.24) is 25.0 Å². The summed E-state index contributed by atoms with van der Waals surface area (Å²) in [5, 5.41) is 15.4. The first-order valence-corrected chi connectivity index (χ1v) is 10.1.